The van der Waals surface area contributed by atoms with E-state index in [1.54, 1.807) is 0 Å². The van der Waals surface area contributed by atoms with Crippen molar-refractivity contribution in [3.05, 3.63) is 21.9 Å². The number of halogens is 6. The van der Waals surface area contributed by atoms with Gasteiger partial charge >= 0.3 is 6.36 Å². The predicted molar refractivity (Wildman–Crippen MR) is 51.5 cm³/mol. The molecule has 1 aromatic heterocycles. The summed E-state index contributed by atoms with van der Waals surface area (Å²) in [5, 5.41) is 0. The van der Waals surface area contributed by atoms with E-state index in [-0.39, 0.29) is 10.3 Å². The minimum Gasteiger partial charge on any atom is -0.405 e. The summed E-state index contributed by atoms with van der Waals surface area (Å²) in [7, 11) is 0. The highest BCUT2D eigenvalue weighted by atomic mass is 79.9. The van der Waals surface area contributed by atoms with Crippen molar-refractivity contribution in [2.75, 3.05) is 0 Å². The van der Waals surface area contributed by atoms with Gasteiger partial charge < -0.3 is 10.5 Å². The molecule has 0 amide bonds. The number of nitrogens with two attached hydrogens (primary N) is 1. The Bertz CT molecular complexity index is 410. The van der Waals surface area contributed by atoms with Crippen LogP contribution < -0.4 is 10.5 Å². The molecule has 1 aromatic rings. The van der Waals surface area contributed by atoms with Crippen LogP contribution in [0.25, 0.3) is 0 Å². The average Bonchev–Trinajstić information content (AvgIpc) is 2.12. The van der Waals surface area contributed by atoms with Crippen molar-refractivity contribution >= 4 is 15.9 Å². The van der Waals surface area contributed by atoms with Crippen molar-refractivity contribution in [1.29, 1.82) is 0 Å². The molecule has 0 saturated carbocycles. The third-order valence-electron chi connectivity index (χ3n) is 1.71. The lowest BCUT2D eigenvalue weighted by atomic mass is 10.2. The molecular formula is C8H6BrF5N2O. The summed E-state index contributed by atoms with van der Waals surface area (Å²) in [5.74, 6) is -1.00. The molecule has 0 fully saturated rings. The Morgan fingerprint density at radius 2 is 2.00 bits per heavy atom. The molecule has 0 radical (unpaired) electrons. The molecule has 0 saturated heterocycles. The molecule has 1 heterocycles. The maximum Gasteiger partial charge on any atom is 0.573 e. The number of nitrogens with zero attached hydrogens (tertiary/aromatic N) is 1. The van der Waals surface area contributed by atoms with Gasteiger partial charge in [0.1, 0.15) is 10.4 Å². The molecular weight excluding hydrogens is 315 g/mol. The molecule has 0 unspecified atom stereocenters. The Labute approximate surface area is 101 Å². The van der Waals surface area contributed by atoms with Crippen LogP contribution in [0.2, 0.25) is 0 Å². The fraction of sp³-hybridized carbons (Fsp3) is 0.375. The Kier molecular flexibility index (Phi) is 4.26. The first-order chi connectivity index (χ1) is 7.74. The van der Waals surface area contributed by atoms with E-state index in [1.165, 1.54) is 0 Å². The van der Waals surface area contributed by atoms with Crippen LogP contribution in [0.4, 0.5) is 22.0 Å². The van der Waals surface area contributed by atoms with Gasteiger partial charge in [0.15, 0.2) is 0 Å². The number of hydrogen-bond donors (Lipinski definition) is 1. The minimum absolute atomic E-state index is 0.0680. The smallest absolute Gasteiger partial charge is 0.405 e. The van der Waals surface area contributed by atoms with E-state index in [9.17, 15) is 22.0 Å². The standard InChI is InChI=1S/C8H6BrF5N2O/c9-5-1-4(17-8(12,13)14)6(7(10)11)3(2-15)16-5/h1,7H,2,15H2. The molecule has 0 bridgehead atoms. The predicted octanol–water partition coefficient (Wildman–Crippen LogP) is 3.14. The molecule has 96 valence electrons. The van der Waals surface area contributed by atoms with Gasteiger partial charge in [0, 0.05) is 12.6 Å². The molecule has 0 atom stereocenters. The van der Waals surface area contributed by atoms with Crippen LogP contribution in [0.1, 0.15) is 17.7 Å². The fourth-order valence-electron chi connectivity index (χ4n) is 1.15. The van der Waals surface area contributed by atoms with Crippen LogP contribution in [0.5, 0.6) is 5.75 Å². The highest BCUT2D eigenvalue weighted by molar-refractivity contribution is 9.10. The summed E-state index contributed by atoms with van der Waals surface area (Å²) in [6.07, 6.45) is -8.22. The lowest BCUT2D eigenvalue weighted by Crippen LogP contribution is -2.19. The fourth-order valence-corrected chi connectivity index (χ4v) is 1.57. The van der Waals surface area contributed by atoms with Crippen LogP contribution in [0.3, 0.4) is 0 Å². The zero-order chi connectivity index (χ0) is 13.2. The highest BCUT2D eigenvalue weighted by Crippen LogP contribution is 2.36. The normalized spacial score (nSPS) is 12.0. The number of aromatic nitrogens is 1. The summed E-state index contributed by atoms with van der Waals surface area (Å²) in [6.45, 7) is -0.423. The van der Waals surface area contributed by atoms with E-state index in [4.69, 9.17) is 5.73 Å². The highest BCUT2D eigenvalue weighted by Gasteiger charge is 2.34. The van der Waals surface area contributed by atoms with Gasteiger partial charge in [-0.15, -0.1) is 13.2 Å². The Balaban J connectivity index is 3.30. The zero-order valence-corrected chi connectivity index (χ0v) is 9.65. The molecule has 0 spiro atoms. The van der Waals surface area contributed by atoms with E-state index in [0.717, 1.165) is 0 Å². The van der Waals surface area contributed by atoms with E-state index < -0.39 is 30.6 Å². The minimum atomic E-state index is -5.06. The molecule has 0 aromatic carbocycles. The monoisotopic (exact) mass is 320 g/mol. The van der Waals surface area contributed by atoms with Crippen molar-refractivity contribution in [2.45, 2.75) is 19.3 Å². The molecule has 0 aliphatic heterocycles. The second kappa shape index (κ2) is 5.13. The van der Waals surface area contributed by atoms with Crippen LogP contribution >= 0.6 is 15.9 Å². The van der Waals surface area contributed by atoms with Gasteiger partial charge in [-0.1, -0.05) is 0 Å². The molecule has 2 N–H and O–H groups in total. The van der Waals surface area contributed by atoms with E-state index >= 15 is 0 Å². The van der Waals surface area contributed by atoms with Gasteiger partial charge in [-0.05, 0) is 15.9 Å². The summed E-state index contributed by atoms with van der Waals surface area (Å²) in [4.78, 5) is 3.57. The number of ether oxygens (including phenoxy) is 1. The summed E-state index contributed by atoms with van der Waals surface area (Å²) >= 11 is 2.79. The Hall–Kier alpha value is -0.960. The number of pyridine rings is 1. The van der Waals surface area contributed by atoms with Crippen LogP contribution in [0.15, 0.2) is 10.7 Å². The summed E-state index contributed by atoms with van der Waals surface area (Å²) in [6, 6.07) is 0.716. The number of rotatable bonds is 3. The van der Waals surface area contributed by atoms with Gasteiger partial charge in [-0.2, -0.15) is 0 Å². The maximum absolute atomic E-state index is 12.6. The van der Waals surface area contributed by atoms with Crippen molar-refractivity contribution in [1.82, 2.24) is 4.98 Å². The Morgan fingerprint density at radius 3 is 2.41 bits per heavy atom. The quantitative estimate of drug-likeness (QED) is 0.687. The van der Waals surface area contributed by atoms with Gasteiger partial charge in [0.2, 0.25) is 0 Å². The van der Waals surface area contributed by atoms with Crippen LogP contribution in [-0.2, 0) is 6.54 Å². The van der Waals surface area contributed by atoms with Crippen molar-refractivity contribution in [3.8, 4) is 5.75 Å². The summed E-state index contributed by atoms with van der Waals surface area (Å²) < 4.78 is 64.7. The third kappa shape index (κ3) is 3.77. The lowest BCUT2D eigenvalue weighted by molar-refractivity contribution is -0.275. The number of hydrogen-bond acceptors (Lipinski definition) is 3. The lowest BCUT2D eigenvalue weighted by Gasteiger charge is -2.15. The summed E-state index contributed by atoms with van der Waals surface area (Å²) in [5.41, 5.74) is 3.83. The van der Waals surface area contributed by atoms with E-state index in [2.05, 4.69) is 25.7 Å². The van der Waals surface area contributed by atoms with Crippen LogP contribution in [-0.4, -0.2) is 11.3 Å². The number of alkyl halides is 5. The van der Waals surface area contributed by atoms with Crippen molar-refractivity contribution < 1.29 is 26.7 Å². The maximum atomic E-state index is 12.6. The van der Waals surface area contributed by atoms with Gasteiger partial charge in [0.25, 0.3) is 6.43 Å². The first-order valence-electron chi connectivity index (χ1n) is 4.18. The molecule has 9 heteroatoms. The largest absolute Gasteiger partial charge is 0.573 e. The third-order valence-corrected chi connectivity index (χ3v) is 2.11. The second-order valence-corrected chi connectivity index (χ2v) is 3.67. The SMILES string of the molecule is NCc1nc(Br)cc(OC(F)(F)F)c1C(F)F. The van der Waals surface area contributed by atoms with E-state index in [1.807, 2.05) is 0 Å². The van der Waals surface area contributed by atoms with Crippen molar-refractivity contribution in [2.24, 2.45) is 5.73 Å². The zero-order valence-electron chi connectivity index (χ0n) is 8.06. The molecule has 1 rings (SSSR count). The topological polar surface area (TPSA) is 48.1 Å². The van der Waals surface area contributed by atoms with Crippen LogP contribution in [0, 0.1) is 0 Å². The average molecular weight is 321 g/mol. The first kappa shape index (κ1) is 14.1. The van der Waals surface area contributed by atoms with Crippen molar-refractivity contribution in [3.63, 3.8) is 0 Å². The molecule has 17 heavy (non-hydrogen) atoms. The second-order valence-electron chi connectivity index (χ2n) is 2.86. The first-order valence-corrected chi connectivity index (χ1v) is 4.97. The van der Waals surface area contributed by atoms with Gasteiger partial charge in [-0.3, -0.25) is 0 Å². The van der Waals surface area contributed by atoms with Gasteiger partial charge in [0.05, 0.1) is 11.3 Å². The van der Waals surface area contributed by atoms with Gasteiger partial charge in [-0.25, -0.2) is 13.8 Å². The Morgan fingerprint density at radius 1 is 1.41 bits per heavy atom. The molecule has 0 aliphatic rings. The molecule has 0 aliphatic carbocycles. The van der Waals surface area contributed by atoms with E-state index in [0.29, 0.717) is 6.07 Å². The molecule has 3 nitrogen and oxygen atoms in total.